The van der Waals surface area contributed by atoms with E-state index in [4.69, 9.17) is 4.74 Å². The molecule has 1 rings (SSSR count). The highest BCUT2D eigenvalue weighted by atomic mass is 16.6. The molecule has 140 valence electrons. The number of esters is 1. The van der Waals surface area contributed by atoms with Crippen LogP contribution < -0.4 is 10.2 Å². The van der Waals surface area contributed by atoms with Crippen LogP contribution >= 0.6 is 0 Å². The summed E-state index contributed by atoms with van der Waals surface area (Å²) in [6.07, 6.45) is 0.675. The zero-order chi connectivity index (χ0) is 20.1. The van der Waals surface area contributed by atoms with Crippen LogP contribution in [-0.2, 0) is 14.3 Å². The molecule has 1 aromatic carbocycles. The summed E-state index contributed by atoms with van der Waals surface area (Å²) in [6, 6.07) is 4.70. The van der Waals surface area contributed by atoms with Crippen molar-refractivity contribution in [3.8, 4) is 0 Å². The molecule has 7 nitrogen and oxygen atoms in total. The Morgan fingerprint density at radius 2 is 1.96 bits per heavy atom. The molecule has 2 amide bonds. The number of nitrogens with one attached hydrogen (secondary N) is 1. The van der Waals surface area contributed by atoms with Crippen LogP contribution in [0.5, 0.6) is 0 Å². The van der Waals surface area contributed by atoms with Crippen LogP contribution in [0.1, 0.15) is 40.2 Å². The first-order chi connectivity index (χ1) is 12.0. The van der Waals surface area contributed by atoms with E-state index in [1.165, 1.54) is 17.9 Å². The summed E-state index contributed by atoms with van der Waals surface area (Å²) < 4.78 is 5.10. The van der Waals surface area contributed by atoms with Crippen molar-refractivity contribution in [1.29, 1.82) is 0 Å². The highest BCUT2D eigenvalue weighted by molar-refractivity contribution is 5.94. The summed E-state index contributed by atoms with van der Waals surface area (Å²) in [5.41, 5.74) is 1.43. The first-order valence-corrected chi connectivity index (χ1v) is 8.13. The second-order valence-electron chi connectivity index (χ2n) is 6.96. The van der Waals surface area contributed by atoms with Crippen LogP contribution in [0.3, 0.4) is 0 Å². The quantitative estimate of drug-likeness (QED) is 0.285. The number of urea groups is 1. The van der Waals surface area contributed by atoms with E-state index in [9.17, 15) is 14.4 Å². The minimum Gasteiger partial charge on any atom is -0.439 e. The van der Waals surface area contributed by atoms with Crippen molar-refractivity contribution in [2.75, 3.05) is 4.90 Å². The van der Waals surface area contributed by atoms with Gasteiger partial charge in [-0.1, -0.05) is 12.6 Å². The Hall–Kier alpha value is -2.92. The summed E-state index contributed by atoms with van der Waals surface area (Å²) in [5, 5.41) is 2.63. The number of rotatable bonds is 5. The number of hydrogen-bond acceptors (Lipinski definition) is 5. The summed E-state index contributed by atoms with van der Waals surface area (Å²) in [4.78, 5) is 40.2. The highest BCUT2D eigenvalue weighted by Gasteiger charge is 2.30. The first-order valence-electron chi connectivity index (χ1n) is 8.13. The van der Waals surface area contributed by atoms with Crippen molar-refractivity contribution in [3.63, 3.8) is 0 Å². The predicted octanol–water partition coefficient (Wildman–Crippen LogP) is 3.74. The van der Waals surface area contributed by atoms with Gasteiger partial charge in [-0.15, -0.1) is 0 Å². The molecule has 0 bridgehead atoms. The lowest BCUT2D eigenvalue weighted by Crippen LogP contribution is -2.53. The fourth-order valence-corrected chi connectivity index (χ4v) is 2.24. The van der Waals surface area contributed by atoms with Crippen molar-refractivity contribution in [3.05, 3.63) is 35.9 Å². The fraction of sp³-hybridized carbons (Fsp3) is 0.421. The Balaban J connectivity index is 3.13. The third-order valence-electron chi connectivity index (χ3n) is 3.45. The minimum atomic E-state index is -0.838. The number of ether oxygens (including phenoxy) is 1. The number of anilines is 1. The van der Waals surface area contributed by atoms with E-state index in [2.05, 4.69) is 16.9 Å². The molecule has 0 aliphatic rings. The number of aryl methyl sites for hydroxylation is 1. The molecule has 0 spiro atoms. The molecule has 1 unspecified atom stereocenters. The average Bonchev–Trinajstić information content (AvgIpc) is 2.49. The second-order valence-corrected chi connectivity index (χ2v) is 6.96. The van der Waals surface area contributed by atoms with Gasteiger partial charge in [-0.05, 0) is 59.2 Å². The Bertz CT molecular complexity index is 759. The minimum absolute atomic E-state index is 0.244. The van der Waals surface area contributed by atoms with Crippen molar-refractivity contribution < 1.29 is 19.1 Å². The van der Waals surface area contributed by atoms with Crippen LogP contribution in [0.25, 0.3) is 0 Å². The van der Waals surface area contributed by atoms with Gasteiger partial charge in [-0.25, -0.2) is 14.4 Å². The standard InChI is InChI=1S/C19H25N3O4/c1-12(2)17(24)26-14(4)21-18(25)22(19(5,6)7)15-9-8-13(3)16(10-15)20-11-23/h8-10,14H,1H2,2-7H3,(H,21,25). The van der Waals surface area contributed by atoms with Gasteiger partial charge in [0.2, 0.25) is 6.08 Å². The number of nitrogens with zero attached hydrogens (tertiary/aromatic N) is 2. The molecule has 0 saturated carbocycles. The van der Waals surface area contributed by atoms with Crippen LogP contribution in [0.4, 0.5) is 16.2 Å². The van der Waals surface area contributed by atoms with E-state index in [0.29, 0.717) is 11.4 Å². The van der Waals surface area contributed by atoms with Crippen molar-refractivity contribution in [2.24, 2.45) is 4.99 Å². The molecular formula is C19H25N3O4. The molecule has 7 heteroatoms. The predicted molar refractivity (Wildman–Crippen MR) is 100 cm³/mol. The molecule has 0 fully saturated rings. The van der Waals surface area contributed by atoms with Crippen LogP contribution in [0.2, 0.25) is 0 Å². The molecule has 1 aromatic rings. The number of aliphatic imine (C=N–C) groups is 1. The van der Waals surface area contributed by atoms with Crippen LogP contribution in [0, 0.1) is 6.92 Å². The largest absolute Gasteiger partial charge is 0.439 e. The van der Waals surface area contributed by atoms with Gasteiger partial charge < -0.3 is 10.1 Å². The average molecular weight is 359 g/mol. The molecule has 26 heavy (non-hydrogen) atoms. The zero-order valence-corrected chi connectivity index (χ0v) is 16.0. The topological polar surface area (TPSA) is 88.1 Å². The van der Waals surface area contributed by atoms with Gasteiger partial charge >= 0.3 is 12.0 Å². The van der Waals surface area contributed by atoms with Crippen molar-refractivity contribution in [1.82, 2.24) is 5.32 Å². The molecule has 0 aliphatic carbocycles. The maximum absolute atomic E-state index is 12.8. The molecule has 0 radical (unpaired) electrons. The summed E-state index contributed by atoms with van der Waals surface area (Å²) >= 11 is 0. The number of carbonyl (C=O) groups excluding carboxylic acids is 3. The van der Waals surface area contributed by atoms with Crippen molar-refractivity contribution >= 4 is 29.5 Å². The molecule has 0 heterocycles. The Labute approximate surface area is 153 Å². The van der Waals surface area contributed by atoms with Gasteiger partial charge in [0.05, 0.1) is 5.69 Å². The molecule has 1 N–H and O–H groups in total. The van der Waals surface area contributed by atoms with Gasteiger partial charge in [0.1, 0.15) is 0 Å². The number of benzene rings is 1. The highest BCUT2D eigenvalue weighted by Crippen LogP contribution is 2.30. The lowest BCUT2D eigenvalue weighted by molar-refractivity contribution is -0.144. The van der Waals surface area contributed by atoms with Gasteiger partial charge in [-0.2, -0.15) is 4.99 Å². The van der Waals surface area contributed by atoms with Crippen molar-refractivity contribution in [2.45, 2.75) is 53.3 Å². The Morgan fingerprint density at radius 3 is 2.46 bits per heavy atom. The fourth-order valence-electron chi connectivity index (χ4n) is 2.24. The lowest BCUT2D eigenvalue weighted by atomic mass is 10.0. The maximum Gasteiger partial charge on any atom is 0.335 e. The Morgan fingerprint density at radius 1 is 1.35 bits per heavy atom. The van der Waals surface area contributed by atoms with E-state index in [-0.39, 0.29) is 5.57 Å². The molecule has 0 aromatic heterocycles. The summed E-state index contributed by atoms with van der Waals surface area (Å²) in [5.74, 6) is -0.585. The normalized spacial score (nSPS) is 11.8. The van der Waals surface area contributed by atoms with E-state index >= 15 is 0 Å². The number of amides is 2. The van der Waals surface area contributed by atoms with E-state index < -0.39 is 23.8 Å². The monoisotopic (exact) mass is 359 g/mol. The molecule has 0 aliphatic heterocycles. The van der Waals surface area contributed by atoms with Gasteiger partial charge in [0.25, 0.3) is 0 Å². The van der Waals surface area contributed by atoms with Crippen LogP contribution in [0.15, 0.2) is 35.3 Å². The zero-order valence-electron chi connectivity index (χ0n) is 16.0. The molecule has 0 saturated heterocycles. The summed E-state index contributed by atoms with van der Waals surface area (Å²) in [6.45, 7) is 14.0. The third-order valence-corrected chi connectivity index (χ3v) is 3.45. The number of carbonyl (C=O) groups is 2. The second kappa shape index (κ2) is 8.45. The van der Waals surface area contributed by atoms with Crippen LogP contribution in [-0.4, -0.2) is 29.8 Å². The molecule has 1 atom stereocenters. The van der Waals surface area contributed by atoms with Gasteiger partial charge in [0.15, 0.2) is 6.23 Å². The smallest absolute Gasteiger partial charge is 0.335 e. The number of isocyanates is 1. The van der Waals surface area contributed by atoms with E-state index in [1.54, 1.807) is 32.0 Å². The lowest BCUT2D eigenvalue weighted by Gasteiger charge is -2.36. The van der Waals surface area contributed by atoms with Gasteiger partial charge in [0, 0.05) is 16.8 Å². The maximum atomic E-state index is 12.8. The molecular weight excluding hydrogens is 334 g/mol. The Kier molecular flexibility index (Phi) is 6.86. The first kappa shape index (κ1) is 21.1. The summed E-state index contributed by atoms with van der Waals surface area (Å²) in [7, 11) is 0. The van der Waals surface area contributed by atoms with E-state index in [1.807, 2.05) is 20.8 Å². The number of hydrogen-bond donors (Lipinski definition) is 1. The third kappa shape index (κ3) is 5.57. The van der Waals surface area contributed by atoms with E-state index in [0.717, 1.165) is 5.56 Å². The SMILES string of the molecule is C=C(C)C(=O)OC(C)NC(=O)N(c1ccc(C)c(N=C=O)c1)C(C)(C)C. The van der Waals surface area contributed by atoms with Gasteiger partial charge in [-0.3, -0.25) is 4.90 Å².